The lowest BCUT2D eigenvalue weighted by Crippen LogP contribution is -2.14. The molecule has 0 unspecified atom stereocenters. The highest BCUT2D eigenvalue weighted by molar-refractivity contribution is 7.14. The molecule has 0 bridgehead atoms. The molecule has 0 saturated heterocycles. The van der Waals surface area contributed by atoms with Gasteiger partial charge in [-0.2, -0.15) is 0 Å². The quantitative estimate of drug-likeness (QED) is 0.560. The van der Waals surface area contributed by atoms with Crippen LogP contribution < -0.4 is 5.32 Å². The van der Waals surface area contributed by atoms with Gasteiger partial charge in [-0.3, -0.25) is 4.79 Å². The maximum atomic E-state index is 12.3. The standard InChI is InChI=1S/C20H18Cl2N2OS/c1-11-7-13(3)14(8-12(11)2)18-10-26-20(23-18)24-19(25)9-15-16(21)5-4-6-17(15)22/h4-8,10H,9H2,1-3H3,(H,23,24,25). The van der Waals surface area contributed by atoms with Crippen LogP contribution in [0.4, 0.5) is 5.13 Å². The number of benzene rings is 2. The molecule has 1 amide bonds. The number of amides is 1. The van der Waals surface area contributed by atoms with Gasteiger partial charge in [0, 0.05) is 21.0 Å². The fraction of sp³-hybridized carbons (Fsp3) is 0.200. The molecule has 0 radical (unpaired) electrons. The van der Waals surface area contributed by atoms with Crippen molar-refractivity contribution in [1.82, 2.24) is 4.98 Å². The summed E-state index contributed by atoms with van der Waals surface area (Å²) in [5, 5.41) is 6.32. The molecule has 0 atom stereocenters. The van der Waals surface area contributed by atoms with Gasteiger partial charge in [0.15, 0.2) is 5.13 Å². The van der Waals surface area contributed by atoms with Crippen LogP contribution in [-0.4, -0.2) is 10.9 Å². The number of hydrogen-bond acceptors (Lipinski definition) is 3. The summed E-state index contributed by atoms with van der Waals surface area (Å²) >= 11 is 13.7. The SMILES string of the molecule is Cc1cc(C)c(-c2csc(NC(=O)Cc3c(Cl)cccc3Cl)n2)cc1C. The Labute approximate surface area is 167 Å². The van der Waals surface area contributed by atoms with E-state index in [4.69, 9.17) is 23.2 Å². The van der Waals surface area contributed by atoms with Crippen molar-refractivity contribution in [2.75, 3.05) is 5.32 Å². The van der Waals surface area contributed by atoms with E-state index >= 15 is 0 Å². The van der Waals surface area contributed by atoms with Crippen molar-refractivity contribution in [3.63, 3.8) is 0 Å². The van der Waals surface area contributed by atoms with Gasteiger partial charge in [-0.25, -0.2) is 4.98 Å². The second kappa shape index (κ2) is 7.78. The average molecular weight is 405 g/mol. The number of aromatic nitrogens is 1. The number of halogens is 2. The Hall–Kier alpha value is -1.88. The van der Waals surface area contributed by atoms with Gasteiger partial charge >= 0.3 is 0 Å². The number of thiazole rings is 1. The summed E-state index contributed by atoms with van der Waals surface area (Å²) in [6, 6.07) is 9.49. The second-order valence-electron chi connectivity index (χ2n) is 6.21. The Morgan fingerprint density at radius 1 is 1.08 bits per heavy atom. The van der Waals surface area contributed by atoms with E-state index in [1.165, 1.54) is 28.0 Å². The van der Waals surface area contributed by atoms with Crippen molar-refractivity contribution in [2.45, 2.75) is 27.2 Å². The van der Waals surface area contributed by atoms with Crippen molar-refractivity contribution in [2.24, 2.45) is 0 Å². The lowest BCUT2D eigenvalue weighted by molar-refractivity contribution is -0.115. The molecule has 134 valence electrons. The van der Waals surface area contributed by atoms with Gasteiger partial charge in [-0.05, 0) is 61.2 Å². The monoisotopic (exact) mass is 404 g/mol. The number of carbonyl (C=O) groups is 1. The van der Waals surface area contributed by atoms with Gasteiger partial charge in [0.1, 0.15) is 0 Å². The molecular formula is C20H18Cl2N2OS. The van der Waals surface area contributed by atoms with E-state index < -0.39 is 0 Å². The Morgan fingerprint density at radius 2 is 1.73 bits per heavy atom. The predicted octanol–water partition coefficient (Wildman–Crippen LogP) is 6.22. The molecule has 0 aliphatic rings. The van der Waals surface area contributed by atoms with Gasteiger partial charge in [0.25, 0.3) is 0 Å². The average Bonchev–Trinajstić information content (AvgIpc) is 3.02. The number of carbonyl (C=O) groups excluding carboxylic acids is 1. The zero-order valence-electron chi connectivity index (χ0n) is 14.7. The zero-order valence-corrected chi connectivity index (χ0v) is 17.0. The summed E-state index contributed by atoms with van der Waals surface area (Å²) in [7, 11) is 0. The second-order valence-corrected chi connectivity index (χ2v) is 7.89. The van der Waals surface area contributed by atoms with Crippen LogP contribution in [0.2, 0.25) is 10.0 Å². The minimum atomic E-state index is -0.197. The summed E-state index contributed by atoms with van der Waals surface area (Å²) in [6.07, 6.45) is 0.107. The third-order valence-electron chi connectivity index (χ3n) is 4.27. The molecule has 26 heavy (non-hydrogen) atoms. The number of hydrogen-bond donors (Lipinski definition) is 1. The van der Waals surface area contributed by atoms with Crippen molar-refractivity contribution >= 4 is 45.6 Å². The number of nitrogens with one attached hydrogen (secondary N) is 1. The Morgan fingerprint density at radius 3 is 2.42 bits per heavy atom. The largest absolute Gasteiger partial charge is 0.302 e. The number of aryl methyl sites for hydroxylation is 3. The third kappa shape index (κ3) is 4.09. The number of nitrogens with zero attached hydrogens (tertiary/aromatic N) is 1. The minimum absolute atomic E-state index is 0.107. The van der Waals surface area contributed by atoms with Crippen molar-refractivity contribution in [3.05, 3.63) is 68.0 Å². The first kappa shape index (κ1) is 18.9. The smallest absolute Gasteiger partial charge is 0.230 e. The maximum absolute atomic E-state index is 12.3. The normalized spacial score (nSPS) is 10.8. The van der Waals surface area contributed by atoms with Gasteiger partial charge in [-0.1, -0.05) is 35.3 Å². The van der Waals surface area contributed by atoms with Crippen molar-refractivity contribution < 1.29 is 4.79 Å². The molecule has 3 rings (SSSR count). The molecule has 0 fully saturated rings. The molecule has 0 spiro atoms. The van der Waals surface area contributed by atoms with Crippen LogP contribution in [0.25, 0.3) is 11.3 Å². The van der Waals surface area contributed by atoms with E-state index in [0.29, 0.717) is 20.7 Å². The lowest BCUT2D eigenvalue weighted by Gasteiger charge is -2.08. The van der Waals surface area contributed by atoms with Crippen molar-refractivity contribution in [3.8, 4) is 11.3 Å². The topological polar surface area (TPSA) is 42.0 Å². The van der Waals surface area contributed by atoms with Crippen LogP contribution in [0.15, 0.2) is 35.7 Å². The Balaban J connectivity index is 1.77. The van der Waals surface area contributed by atoms with E-state index in [1.54, 1.807) is 18.2 Å². The van der Waals surface area contributed by atoms with Crippen LogP contribution in [-0.2, 0) is 11.2 Å². The van der Waals surface area contributed by atoms with Gasteiger partial charge in [0.05, 0.1) is 12.1 Å². The molecule has 6 heteroatoms. The van der Waals surface area contributed by atoms with Crippen LogP contribution >= 0.6 is 34.5 Å². The van der Waals surface area contributed by atoms with E-state index in [9.17, 15) is 4.79 Å². The van der Waals surface area contributed by atoms with E-state index in [-0.39, 0.29) is 12.3 Å². The van der Waals surface area contributed by atoms with Crippen LogP contribution in [0.5, 0.6) is 0 Å². The third-order valence-corrected chi connectivity index (χ3v) is 5.73. The highest BCUT2D eigenvalue weighted by Crippen LogP contribution is 2.30. The highest BCUT2D eigenvalue weighted by Gasteiger charge is 2.14. The highest BCUT2D eigenvalue weighted by atomic mass is 35.5. The first-order valence-electron chi connectivity index (χ1n) is 8.11. The predicted molar refractivity (Wildman–Crippen MR) is 111 cm³/mol. The summed E-state index contributed by atoms with van der Waals surface area (Å²) in [4.78, 5) is 16.9. The fourth-order valence-electron chi connectivity index (χ4n) is 2.72. The molecule has 1 N–H and O–H groups in total. The van der Waals surface area contributed by atoms with Gasteiger partial charge in [0.2, 0.25) is 5.91 Å². The molecule has 2 aromatic carbocycles. The molecule has 3 nitrogen and oxygen atoms in total. The zero-order chi connectivity index (χ0) is 18.8. The molecule has 1 heterocycles. The number of rotatable bonds is 4. The minimum Gasteiger partial charge on any atom is -0.302 e. The van der Waals surface area contributed by atoms with E-state index in [0.717, 1.165) is 11.3 Å². The van der Waals surface area contributed by atoms with Crippen molar-refractivity contribution in [1.29, 1.82) is 0 Å². The first-order valence-corrected chi connectivity index (χ1v) is 9.75. The van der Waals surface area contributed by atoms with Crippen LogP contribution in [0.1, 0.15) is 22.3 Å². The van der Waals surface area contributed by atoms with Gasteiger partial charge in [-0.15, -0.1) is 11.3 Å². The lowest BCUT2D eigenvalue weighted by atomic mass is 9.99. The van der Waals surface area contributed by atoms with Crippen LogP contribution in [0.3, 0.4) is 0 Å². The molecule has 3 aromatic rings. The van der Waals surface area contributed by atoms with E-state index in [1.807, 2.05) is 5.38 Å². The molecule has 0 aliphatic carbocycles. The maximum Gasteiger partial charge on any atom is 0.230 e. The fourth-order valence-corrected chi connectivity index (χ4v) is 3.97. The molecule has 0 saturated carbocycles. The molecule has 0 aliphatic heterocycles. The summed E-state index contributed by atoms with van der Waals surface area (Å²) in [6.45, 7) is 6.25. The summed E-state index contributed by atoms with van der Waals surface area (Å²) < 4.78 is 0. The first-order chi connectivity index (χ1) is 12.3. The summed E-state index contributed by atoms with van der Waals surface area (Å²) in [5.74, 6) is -0.197. The molecule has 1 aromatic heterocycles. The number of anilines is 1. The van der Waals surface area contributed by atoms with Crippen LogP contribution in [0, 0.1) is 20.8 Å². The summed E-state index contributed by atoms with van der Waals surface area (Å²) in [5.41, 5.74) is 6.21. The Bertz CT molecular complexity index is 962. The Kier molecular flexibility index (Phi) is 5.66. The van der Waals surface area contributed by atoms with Gasteiger partial charge < -0.3 is 5.32 Å². The van der Waals surface area contributed by atoms with E-state index in [2.05, 4.69) is 43.2 Å². The molecular weight excluding hydrogens is 387 g/mol.